The Bertz CT molecular complexity index is 309. The minimum absolute atomic E-state index is 0. The van der Waals surface area contributed by atoms with Crippen LogP contribution in [0, 0.1) is 11.8 Å². The van der Waals surface area contributed by atoms with Gasteiger partial charge < -0.3 is 4.74 Å². The van der Waals surface area contributed by atoms with Crippen molar-refractivity contribution in [2.75, 3.05) is 32.8 Å². The summed E-state index contributed by atoms with van der Waals surface area (Å²) >= 11 is 0. The van der Waals surface area contributed by atoms with Crippen molar-refractivity contribution in [2.45, 2.75) is 26.7 Å². The Morgan fingerprint density at radius 2 is 2.06 bits per heavy atom. The van der Waals surface area contributed by atoms with Gasteiger partial charge in [0.2, 0.25) is 0 Å². The summed E-state index contributed by atoms with van der Waals surface area (Å²) in [6.07, 6.45) is 4.16. The molecule has 0 spiro atoms. The Morgan fingerprint density at radius 1 is 1.39 bits per heavy atom. The molecule has 0 aromatic heterocycles. The molecule has 1 saturated carbocycles. The number of hydrogen-bond acceptors (Lipinski definition) is 3. The molecule has 4 heteroatoms. The molecule has 0 aromatic rings. The zero-order chi connectivity index (χ0) is 12.3. The molecule has 0 aromatic carbocycles. The first kappa shape index (κ1) is 15.7. The summed E-state index contributed by atoms with van der Waals surface area (Å²) in [5.74, 6) is 1.11. The molecular weight excluding hydrogens is 250 g/mol. The lowest BCUT2D eigenvalue weighted by Crippen LogP contribution is -2.40. The molecule has 1 heterocycles. The largest absolute Gasteiger partial charge is 0.379 e. The third kappa shape index (κ3) is 4.08. The minimum atomic E-state index is 0. The first-order valence-electron chi connectivity index (χ1n) is 6.72. The van der Waals surface area contributed by atoms with Crippen LogP contribution in [-0.2, 0) is 9.53 Å². The fraction of sp³-hybridized carbons (Fsp3) is 0.786. The summed E-state index contributed by atoms with van der Waals surface area (Å²) in [5, 5.41) is 0. The first-order valence-corrected chi connectivity index (χ1v) is 6.72. The van der Waals surface area contributed by atoms with Crippen molar-refractivity contribution in [3.8, 4) is 0 Å². The monoisotopic (exact) mass is 273 g/mol. The van der Waals surface area contributed by atoms with Gasteiger partial charge in [-0.1, -0.05) is 19.9 Å². The fourth-order valence-corrected chi connectivity index (χ4v) is 2.68. The van der Waals surface area contributed by atoms with Crippen LogP contribution in [0.2, 0.25) is 0 Å². The van der Waals surface area contributed by atoms with Gasteiger partial charge in [-0.15, -0.1) is 12.4 Å². The number of hydrogen-bond donors (Lipinski definition) is 0. The van der Waals surface area contributed by atoms with Crippen LogP contribution in [0.25, 0.3) is 0 Å². The number of ketones is 1. The Labute approximate surface area is 116 Å². The SMILES string of the molecule is CC(C)/C=C1\CCC(CN2CCOCC2)C1=O.Cl. The van der Waals surface area contributed by atoms with E-state index in [2.05, 4.69) is 24.8 Å². The van der Waals surface area contributed by atoms with Gasteiger partial charge >= 0.3 is 0 Å². The van der Waals surface area contributed by atoms with Crippen LogP contribution >= 0.6 is 12.4 Å². The number of carbonyl (C=O) groups is 1. The average molecular weight is 274 g/mol. The zero-order valence-corrected chi connectivity index (χ0v) is 12.2. The Balaban J connectivity index is 0.00000162. The number of rotatable bonds is 3. The molecule has 1 saturated heterocycles. The standard InChI is InChI=1S/C14H23NO2.ClH/c1-11(2)9-12-3-4-13(14(12)16)10-15-5-7-17-8-6-15;/h9,11,13H,3-8,10H2,1-2H3;1H/b12-9+;. The number of carbonyl (C=O) groups excluding carboxylic acids is 1. The molecule has 1 atom stereocenters. The van der Waals surface area contributed by atoms with Crippen molar-refractivity contribution in [1.82, 2.24) is 4.90 Å². The van der Waals surface area contributed by atoms with Crippen molar-refractivity contribution in [3.63, 3.8) is 0 Å². The second-order valence-electron chi connectivity index (χ2n) is 5.45. The molecule has 0 radical (unpaired) electrons. The maximum Gasteiger partial charge on any atom is 0.162 e. The lowest BCUT2D eigenvalue weighted by Gasteiger charge is -2.28. The van der Waals surface area contributed by atoms with Crippen LogP contribution in [0.1, 0.15) is 26.7 Å². The molecule has 1 aliphatic carbocycles. The number of ether oxygens (including phenoxy) is 1. The number of nitrogens with zero attached hydrogens (tertiary/aromatic N) is 1. The van der Waals surface area contributed by atoms with Crippen LogP contribution in [0.5, 0.6) is 0 Å². The summed E-state index contributed by atoms with van der Waals surface area (Å²) in [5.41, 5.74) is 1.07. The van der Waals surface area contributed by atoms with Gasteiger partial charge in [0.05, 0.1) is 13.2 Å². The van der Waals surface area contributed by atoms with E-state index in [0.717, 1.165) is 51.3 Å². The van der Waals surface area contributed by atoms with Crippen molar-refractivity contribution >= 4 is 18.2 Å². The quantitative estimate of drug-likeness (QED) is 0.739. The van der Waals surface area contributed by atoms with Crippen LogP contribution in [0.4, 0.5) is 0 Å². The maximum absolute atomic E-state index is 12.2. The highest BCUT2D eigenvalue weighted by Gasteiger charge is 2.30. The predicted molar refractivity (Wildman–Crippen MR) is 75.2 cm³/mol. The summed E-state index contributed by atoms with van der Waals surface area (Å²) in [4.78, 5) is 14.6. The highest BCUT2D eigenvalue weighted by molar-refractivity contribution is 5.99. The normalized spacial score (nSPS) is 27.8. The Morgan fingerprint density at radius 3 is 2.67 bits per heavy atom. The van der Waals surface area contributed by atoms with E-state index in [-0.39, 0.29) is 18.3 Å². The lowest BCUT2D eigenvalue weighted by molar-refractivity contribution is -0.118. The maximum atomic E-state index is 12.2. The Kier molecular flexibility index (Phi) is 6.33. The summed E-state index contributed by atoms with van der Waals surface area (Å²) in [7, 11) is 0. The highest BCUT2D eigenvalue weighted by atomic mass is 35.5. The van der Waals surface area contributed by atoms with E-state index in [0.29, 0.717) is 11.7 Å². The molecule has 0 amide bonds. The van der Waals surface area contributed by atoms with E-state index in [1.54, 1.807) is 0 Å². The summed E-state index contributed by atoms with van der Waals surface area (Å²) < 4.78 is 5.33. The number of halogens is 1. The van der Waals surface area contributed by atoms with Gasteiger partial charge in [0.25, 0.3) is 0 Å². The van der Waals surface area contributed by atoms with Gasteiger partial charge in [0.1, 0.15) is 0 Å². The van der Waals surface area contributed by atoms with E-state index in [1.807, 2.05) is 0 Å². The fourth-order valence-electron chi connectivity index (χ4n) is 2.68. The molecule has 18 heavy (non-hydrogen) atoms. The topological polar surface area (TPSA) is 29.5 Å². The van der Waals surface area contributed by atoms with E-state index < -0.39 is 0 Å². The predicted octanol–water partition coefficient (Wildman–Crippen LogP) is 2.30. The van der Waals surface area contributed by atoms with Crippen LogP contribution in [-0.4, -0.2) is 43.5 Å². The molecule has 1 aliphatic heterocycles. The number of allylic oxidation sites excluding steroid dienone is 2. The van der Waals surface area contributed by atoms with Crippen LogP contribution in [0.3, 0.4) is 0 Å². The van der Waals surface area contributed by atoms with Crippen molar-refractivity contribution < 1.29 is 9.53 Å². The van der Waals surface area contributed by atoms with Gasteiger partial charge in [0, 0.05) is 25.6 Å². The van der Waals surface area contributed by atoms with Gasteiger partial charge in [0.15, 0.2) is 5.78 Å². The number of Topliss-reactive ketones (excluding diaryl/α,β-unsaturated/α-hetero) is 1. The minimum Gasteiger partial charge on any atom is -0.379 e. The first-order chi connectivity index (χ1) is 8.16. The molecule has 104 valence electrons. The van der Waals surface area contributed by atoms with Gasteiger partial charge in [-0.25, -0.2) is 0 Å². The van der Waals surface area contributed by atoms with Crippen molar-refractivity contribution in [1.29, 1.82) is 0 Å². The third-order valence-corrected chi connectivity index (χ3v) is 3.57. The van der Waals surface area contributed by atoms with Gasteiger partial charge in [-0.05, 0) is 24.3 Å². The summed E-state index contributed by atoms with van der Waals surface area (Å²) in [6.45, 7) is 8.79. The smallest absolute Gasteiger partial charge is 0.162 e. The Hall–Kier alpha value is -0.380. The molecule has 1 unspecified atom stereocenters. The second kappa shape index (κ2) is 7.27. The van der Waals surface area contributed by atoms with E-state index >= 15 is 0 Å². The average Bonchev–Trinajstić information content (AvgIpc) is 2.62. The second-order valence-corrected chi connectivity index (χ2v) is 5.45. The van der Waals surface area contributed by atoms with E-state index in [4.69, 9.17) is 4.74 Å². The summed E-state index contributed by atoms with van der Waals surface area (Å²) in [6, 6.07) is 0. The van der Waals surface area contributed by atoms with Crippen LogP contribution < -0.4 is 0 Å². The molecular formula is C14H24ClNO2. The van der Waals surface area contributed by atoms with Gasteiger partial charge in [-0.2, -0.15) is 0 Å². The molecule has 2 rings (SSSR count). The molecule has 2 fully saturated rings. The highest BCUT2D eigenvalue weighted by Crippen LogP contribution is 2.28. The van der Waals surface area contributed by atoms with Crippen LogP contribution in [0.15, 0.2) is 11.6 Å². The zero-order valence-electron chi connectivity index (χ0n) is 11.4. The lowest BCUT2D eigenvalue weighted by atomic mass is 10.0. The number of morpholine rings is 1. The molecule has 3 nitrogen and oxygen atoms in total. The van der Waals surface area contributed by atoms with E-state index in [1.165, 1.54) is 0 Å². The third-order valence-electron chi connectivity index (χ3n) is 3.57. The molecule has 0 N–H and O–H groups in total. The van der Waals surface area contributed by atoms with Crippen molar-refractivity contribution in [2.24, 2.45) is 11.8 Å². The van der Waals surface area contributed by atoms with Crippen molar-refractivity contribution in [3.05, 3.63) is 11.6 Å². The molecule has 2 aliphatic rings. The molecule has 0 bridgehead atoms. The van der Waals surface area contributed by atoms with Gasteiger partial charge in [-0.3, -0.25) is 9.69 Å². The van der Waals surface area contributed by atoms with E-state index in [9.17, 15) is 4.79 Å².